The van der Waals surface area contributed by atoms with E-state index in [9.17, 15) is 0 Å². The first kappa shape index (κ1) is 30.4. The van der Waals surface area contributed by atoms with Crippen LogP contribution in [0.3, 0.4) is 0 Å². The molecule has 0 amide bonds. The van der Waals surface area contributed by atoms with Crippen molar-refractivity contribution in [3.63, 3.8) is 0 Å². The summed E-state index contributed by atoms with van der Waals surface area (Å²) in [5, 5.41) is 7.64. The normalized spacial score (nSPS) is 11.5. The van der Waals surface area contributed by atoms with Crippen LogP contribution in [0.1, 0.15) is 0 Å². The Morgan fingerprint density at radius 3 is 1.63 bits per heavy atom. The molecule has 0 spiro atoms. The molecule has 244 valence electrons. The minimum atomic E-state index is 1.11. The Morgan fingerprint density at radius 2 is 0.846 bits per heavy atom. The number of anilines is 3. The van der Waals surface area contributed by atoms with Crippen molar-refractivity contribution in [1.82, 2.24) is 0 Å². The zero-order chi connectivity index (χ0) is 34.4. The van der Waals surface area contributed by atoms with E-state index in [0.717, 1.165) is 17.1 Å². The second-order valence-corrected chi connectivity index (χ2v) is 14.5. The molecule has 0 N–H and O–H groups in total. The Hall–Kier alpha value is -6.48. The molecule has 0 unspecified atom stereocenters. The predicted molar refractivity (Wildman–Crippen MR) is 225 cm³/mol. The smallest absolute Gasteiger partial charge is 0.0467 e. The highest BCUT2D eigenvalue weighted by Crippen LogP contribution is 2.41. The van der Waals surface area contributed by atoms with Gasteiger partial charge in [-0.15, -0.1) is 11.3 Å². The zero-order valence-corrected chi connectivity index (χ0v) is 29.2. The van der Waals surface area contributed by atoms with Crippen LogP contribution in [0.4, 0.5) is 17.1 Å². The van der Waals surface area contributed by atoms with Crippen LogP contribution in [-0.4, -0.2) is 0 Å². The van der Waals surface area contributed by atoms with Crippen molar-refractivity contribution in [2.75, 3.05) is 4.90 Å². The summed E-state index contributed by atoms with van der Waals surface area (Å²) < 4.78 is 2.65. The van der Waals surface area contributed by atoms with Crippen molar-refractivity contribution < 1.29 is 0 Å². The quantitative estimate of drug-likeness (QED) is 0.169. The van der Waals surface area contributed by atoms with Gasteiger partial charge >= 0.3 is 0 Å². The second kappa shape index (κ2) is 12.7. The summed E-state index contributed by atoms with van der Waals surface area (Å²) in [6, 6.07) is 73.1. The number of rotatable bonds is 6. The highest BCUT2D eigenvalue weighted by molar-refractivity contribution is 7.25. The van der Waals surface area contributed by atoms with Crippen molar-refractivity contribution in [3.8, 4) is 33.4 Å². The van der Waals surface area contributed by atoms with Crippen molar-refractivity contribution in [1.29, 1.82) is 0 Å². The van der Waals surface area contributed by atoms with Crippen LogP contribution in [0.2, 0.25) is 0 Å². The summed E-state index contributed by atoms with van der Waals surface area (Å²) in [5.41, 5.74) is 10.6. The Kier molecular flexibility index (Phi) is 7.41. The van der Waals surface area contributed by atoms with Crippen LogP contribution in [-0.2, 0) is 0 Å². The molecule has 2 heteroatoms. The predicted octanol–water partition coefficient (Wildman–Crippen LogP) is 14.8. The standard InChI is InChI=1S/C50H33NS/c1-2-12-37-30-40(23-22-34(37)10-1)38-14-7-16-43(31-38)51(42-27-24-36(25-28-42)46-20-9-13-35-11-3-4-18-45(35)46)44-17-8-15-39(32-44)41-26-29-50-48(33-41)47-19-5-6-21-49(47)52-50/h1-33H. The van der Waals surface area contributed by atoms with Crippen molar-refractivity contribution in [2.45, 2.75) is 0 Å². The molecule has 52 heavy (non-hydrogen) atoms. The molecule has 0 aliphatic rings. The molecule has 9 aromatic carbocycles. The fraction of sp³-hybridized carbons (Fsp3) is 0. The van der Waals surface area contributed by atoms with Gasteiger partial charge in [-0.1, -0.05) is 140 Å². The fourth-order valence-electron chi connectivity index (χ4n) is 7.64. The molecular weight excluding hydrogens is 647 g/mol. The number of thiophene rings is 1. The summed E-state index contributed by atoms with van der Waals surface area (Å²) in [6.45, 7) is 0. The van der Waals surface area contributed by atoms with E-state index in [0.29, 0.717) is 0 Å². The molecule has 1 nitrogen and oxygen atoms in total. The molecule has 1 aromatic heterocycles. The van der Waals surface area contributed by atoms with E-state index in [-0.39, 0.29) is 0 Å². The van der Waals surface area contributed by atoms with Gasteiger partial charge in [-0.05, 0) is 116 Å². The summed E-state index contributed by atoms with van der Waals surface area (Å²) >= 11 is 1.86. The third kappa shape index (κ3) is 5.42. The van der Waals surface area contributed by atoms with Crippen LogP contribution in [0, 0.1) is 0 Å². The van der Waals surface area contributed by atoms with Gasteiger partial charge in [0.05, 0.1) is 0 Å². The average molecular weight is 680 g/mol. The van der Waals surface area contributed by atoms with E-state index in [4.69, 9.17) is 0 Å². The largest absolute Gasteiger partial charge is 0.310 e. The Labute approximate surface area is 307 Å². The molecule has 0 aliphatic heterocycles. The fourth-order valence-corrected chi connectivity index (χ4v) is 8.72. The number of nitrogens with zero attached hydrogens (tertiary/aromatic N) is 1. The zero-order valence-electron chi connectivity index (χ0n) is 28.4. The molecule has 0 bridgehead atoms. The van der Waals surface area contributed by atoms with E-state index < -0.39 is 0 Å². The van der Waals surface area contributed by atoms with Gasteiger partial charge in [-0.25, -0.2) is 0 Å². The maximum atomic E-state index is 2.39. The van der Waals surface area contributed by atoms with E-state index in [2.05, 4.69) is 205 Å². The van der Waals surface area contributed by atoms with E-state index >= 15 is 0 Å². The first-order chi connectivity index (χ1) is 25.7. The maximum Gasteiger partial charge on any atom is 0.0467 e. The summed E-state index contributed by atoms with van der Waals surface area (Å²) in [4.78, 5) is 2.39. The minimum absolute atomic E-state index is 1.11. The molecule has 10 aromatic rings. The van der Waals surface area contributed by atoms with Gasteiger partial charge in [0.2, 0.25) is 0 Å². The summed E-state index contributed by atoms with van der Waals surface area (Å²) in [6.07, 6.45) is 0. The summed E-state index contributed by atoms with van der Waals surface area (Å²) in [7, 11) is 0. The Morgan fingerprint density at radius 1 is 0.288 bits per heavy atom. The average Bonchev–Trinajstić information content (AvgIpc) is 3.59. The van der Waals surface area contributed by atoms with Crippen LogP contribution >= 0.6 is 11.3 Å². The SMILES string of the molecule is c1cc(-c2ccc3ccccc3c2)cc(N(c2ccc(-c3cccc4ccccc34)cc2)c2cccc(-c3ccc4sc5ccccc5c4c3)c2)c1. The van der Waals surface area contributed by atoms with E-state index in [1.807, 2.05) is 11.3 Å². The Bertz CT molecular complexity index is 2910. The van der Waals surface area contributed by atoms with Crippen LogP contribution < -0.4 is 4.90 Å². The third-order valence-corrected chi connectivity index (χ3v) is 11.4. The third-order valence-electron chi connectivity index (χ3n) is 10.2. The number of hydrogen-bond acceptors (Lipinski definition) is 2. The first-order valence-corrected chi connectivity index (χ1v) is 18.6. The van der Waals surface area contributed by atoms with Gasteiger partial charge in [0.25, 0.3) is 0 Å². The molecule has 1 heterocycles. The van der Waals surface area contributed by atoms with E-state index in [1.54, 1.807) is 0 Å². The van der Waals surface area contributed by atoms with Gasteiger partial charge in [-0.2, -0.15) is 0 Å². The molecule has 0 atom stereocenters. The lowest BCUT2D eigenvalue weighted by Gasteiger charge is -2.27. The lowest BCUT2D eigenvalue weighted by molar-refractivity contribution is 1.28. The summed E-state index contributed by atoms with van der Waals surface area (Å²) in [5.74, 6) is 0. The topological polar surface area (TPSA) is 3.24 Å². The lowest BCUT2D eigenvalue weighted by Crippen LogP contribution is -2.10. The maximum absolute atomic E-state index is 2.39. The van der Waals surface area contributed by atoms with Gasteiger partial charge in [0, 0.05) is 37.2 Å². The lowest BCUT2D eigenvalue weighted by atomic mass is 9.97. The van der Waals surface area contributed by atoms with Gasteiger partial charge in [-0.3, -0.25) is 0 Å². The molecule has 10 rings (SSSR count). The number of fused-ring (bicyclic) bond motifs is 5. The molecule has 0 saturated heterocycles. The molecular formula is C50H33NS. The van der Waals surface area contributed by atoms with Crippen molar-refractivity contribution in [2.24, 2.45) is 0 Å². The minimum Gasteiger partial charge on any atom is -0.310 e. The van der Waals surface area contributed by atoms with Gasteiger partial charge in [0.1, 0.15) is 0 Å². The molecule has 0 radical (unpaired) electrons. The van der Waals surface area contributed by atoms with Crippen LogP contribution in [0.5, 0.6) is 0 Å². The highest BCUT2D eigenvalue weighted by Gasteiger charge is 2.16. The van der Waals surface area contributed by atoms with Crippen molar-refractivity contribution in [3.05, 3.63) is 200 Å². The van der Waals surface area contributed by atoms with Gasteiger partial charge < -0.3 is 4.90 Å². The monoisotopic (exact) mass is 679 g/mol. The molecule has 0 fully saturated rings. The first-order valence-electron chi connectivity index (χ1n) is 17.7. The van der Waals surface area contributed by atoms with E-state index in [1.165, 1.54) is 75.1 Å². The van der Waals surface area contributed by atoms with Crippen LogP contribution in [0.15, 0.2) is 200 Å². The molecule has 0 saturated carbocycles. The van der Waals surface area contributed by atoms with Crippen molar-refractivity contribution >= 4 is 70.1 Å². The number of hydrogen-bond donors (Lipinski definition) is 0. The highest BCUT2D eigenvalue weighted by atomic mass is 32.1. The Balaban J connectivity index is 1.10. The van der Waals surface area contributed by atoms with Crippen LogP contribution in [0.25, 0.3) is 75.1 Å². The molecule has 0 aliphatic carbocycles. The van der Waals surface area contributed by atoms with Gasteiger partial charge in [0.15, 0.2) is 0 Å². The second-order valence-electron chi connectivity index (χ2n) is 13.4. The number of benzene rings is 9.